The smallest absolute Gasteiger partial charge is 0.305 e. The van der Waals surface area contributed by atoms with E-state index in [0.29, 0.717) is 25.0 Å². The number of ether oxygens (including phenoxy) is 1. The molecule has 1 heterocycles. The highest BCUT2D eigenvalue weighted by atomic mass is 16.5. The van der Waals surface area contributed by atoms with Crippen molar-refractivity contribution >= 4 is 29.2 Å². The lowest BCUT2D eigenvalue weighted by Crippen LogP contribution is -2.44. The van der Waals surface area contributed by atoms with Crippen LogP contribution in [0.15, 0.2) is 48.5 Å². The van der Waals surface area contributed by atoms with Gasteiger partial charge in [0.25, 0.3) is 0 Å². The van der Waals surface area contributed by atoms with Crippen LogP contribution in [0.5, 0.6) is 0 Å². The van der Waals surface area contributed by atoms with Crippen LogP contribution in [-0.4, -0.2) is 30.4 Å². The summed E-state index contributed by atoms with van der Waals surface area (Å²) in [5.41, 5.74) is 8.79. The van der Waals surface area contributed by atoms with Gasteiger partial charge in [-0.2, -0.15) is 0 Å². The first-order chi connectivity index (χ1) is 15.3. The second-order valence-corrected chi connectivity index (χ2v) is 7.56. The van der Waals surface area contributed by atoms with Gasteiger partial charge in [0.05, 0.1) is 12.6 Å². The lowest BCUT2D eigenvalue weighted by Gasteiger charge is -2.40. The van der Waals surface area contributed by atoms with Crippen molar-refractivity contribution in [3.8, 4) is 0 Å². The van der Waals surface area contributed by atoms with Crippen LogP contribution >= 0.6 is 0 Å². The quantitative estimate of drug-likeness (QED) is 0.648. The van der Waals surface area contributed by atoms with E-state index in [0.717, 1.165) is 23.4 Å². The highest BCUT2D eigenvalue weighted by molar-refractivity contribution is 5.95. The Morgan fingerprint density at radius 2 is 1.69 bits per heavy atom. The van der Waals surface area contributed by atoms with Crippen LogP contribution in [0.3, 0.4) is 0 Å². The number of rotatable bonds is 6. The molecule has 2 amide bonds. The number of hydrogen-bond acceptors (Lipinski definition) is 5. The molecule has 0 bridgehead atoms. The second-order valence-electron chi connectivity index (χ2n) is 7.56. The Balaban J connectivity index is 0.000000451. The highest BCUT2D eigenvalue weighted by Crippen LogP contribution is 2.39. The monoisotopic (exact) mass is 439 g/mol. The first-order valence-electron chi connectivity index (χ1n) is 11.0. The average molecular weight is 440 g/mol. The minimum atomic E-state index is -0.433. The molecule has 172 valence electrons. The van der Waals surface area contributed by atoms with Crippen LogP contribution < -0.4 is 16.0 Å². The molecule has 32 heavy (non-hydrogen) atoms. The summed E-state index contributed by atoms with van der Waals surface area (Å²) in [6, 6.07) is 15.4. The van der Waals surface area contributed by atoms with Gasteiger partial charge in [-0.25, -0.2) is 0 Å². The molecule has 2 aromatic rings. The predicted octanol–water partition coefficient (Wildman–Crippen LogP) is 4.43. The first kappa shape index (κ1) is 24.9. The summed E-state index contributed by atoms with van der Waals surface area (Å²) >= 11 is 0. The molecule has 7 heteroatoms. The van der Waals surface area contributed by atoms with Gasteiger partial charge in [0, 0.05) is 35.8 Å². The topological polar surface area (TPSA) is 102 Å². The van der Waals surface area contributed by atoms with Gasteiger partial charge in [0.2, 0.25) is 11.8 Å². The van der Waals surface area contributed by atoms with Crippen molar-refractivity contribution in [2.24, 2.45) is 5.73 Å². The van der Waals surface area contributed by atoms with Gasteiger partial charge in [0.15, 0.2) is 0 Å². The first-order valence-corrected chi connectivity index (χ1v) is 11.0. The van der Waals surface area contributed by atoms with E-state index in [4.69, 9.17) is 5.73 Å². The summed E-state index contributed by atoms with van der Waals surface area (Å²) in [4.78, 5) is 35.7. The number of fused-ring (bicyclic) bond motifs is 1. The Labute approximate surface area is 189 Å². The number of nitrogens with one attached hydrogen (secondary N) is 1. The van der Waals surface area contributed by atoms with E-state index in [-0.39, 0.29) is 24.0 Å². The van der Waals surface area contributed by atoms with Crippen LogP contribution in [0.2, 0.25) is 0 Å². The molecule has 3 rings (SSSR count). The Hall–Kier alpha value is -3.35. The van der Waals surface area contributed by atoms with Crippen molar-refractivity contribution in [1.29, 1.82) is 0 Å². The van der Waals surface area contributed by atoms with E-state index in [1.165, 1.54) is 0 Å². The molecule has 0 saturated carbocycles. The lowest BCUT2D eigenvalue weighted by molar-refractivity contribution is -0.142. The molecule has 3 N–H and O–H groups in total. The van der Waals surface area contributed by atoms with Crippen molar-refractivity contribution < 1.29 is 19.1 Å². The Morgan fingerprint density at radius 1 is 1.03 bits per heavy atom. The number of anilines is 2. The summed E-state index contributed by atoms with van der Waals surface area (Å²) < 4.78 is 4.55. The van der Waals surface area contributed by atoms with E-state index in [9.17, 15) is 14.4 Å². The maximum absolute atomic E-state index is 12.4. The summed E-state index contributed by atoms with van der Waals surface area (Å²) in [5, 5.41) is 3.52. The Morgan fingerprint density at radius 3 is 2.22 bits per heavy atom. The summed E-state index contributed by atoms with van der Waals surface area (Å²) in [6.07, 6.45) is 1.79. The number of nitrogens with two attached hydrogens (primary N) is 1. The third-order valence-electron chi connectivity index (χ3n) is 5.26. The van der Waals surface area contributed by atoms with Crippen molar-refractivity contribution in [1.82, 2.24) is 0 Å². The van der Waals surface area contributed by atoms with Gasteiger partial charge in [-0.15, -0.1) is 0 Å². The highest BCUT2D eigenvalue weighted by Gasteiger charge is 2.32. The van der Waals surface area contributed by atoms with Crippen LogP contribution in [0.4, 0.5) is 11.4 Å². The van der Waals surface area contributed by atoms with E-state index >= 15 is 0 Å². The number of carbonyl (C=O) groups is 3. The minimum Gasteiger partial charge on any atom is -0.466 e. The number of esters is 1. The fourth-order valence-corrected chi connectivity index (χ4v) is 3.69. The molecular weight excluding hydrogens is 406 g/mol. The van der Waals surface area contributed by atoms with E-state index in [1.807, 2.05) is 42.2 Å². The molecule has 0 saturated heterocycles. The third-order valence-corrected chi connectivity index (χ3v) is 5.26. The molecule has 0 fully saturated rings. The number of amides is 2. The molecule has 0 radical (unpaired) electrons. The molecular formula is C25H33N3O4. The largest absolute Gasteiger partial charge is 0.466 e. The van der Waals surface area contributed by atoms with Crippen LogP contribution in [0.1, 0.15) is 68.9 Å². The molecule has 2 atom stereocenters. The normalized spacial score (nSPS) is 16.8. The molecule has 7 nitrogen and oxygen atoms in total. The second kappa shape index (κ2) is 11.9. The van der Waals surface area contributed by atoms with Gasteiger partial charge in [-0.3, -0.25) is 14.4 Å². The molecule has 1 aliphatic heterocycles. The zero-order valence-corrected chi connectivity index (χ0v) is 19.3. The van der Waals surface area contributed by atoms with Gasteiger partial charge >= 0.3 is 5.97 Å². The molecule has 0 spiro atoms. The van der Waals surface area contributed by atoms with Crippen molar-refractivity contribution in [2.75, 3.05) is 16.8 Å². The van der Waals surface area contributed by atoms with Gasteiger partial charge < -0.3 is 20.7 Å². The van der Waals surface area contributed by atoms with Crippen molar-refractivity contribution in [3.05, 3.63) is 59.7 Å². The maximum Gasteiger partial charge on any atom is 0.305 e. The van der Waals surface area contributed by atoms with E-state index in [2.05, 4.69) is 23.0 Å². The number of carbonyl (C=O) groups excluding carboxylic acids is 3. The van der Waals surface area contributed by atoms with Gasteiger partial charge in [-0.1, -0.05) is 32.0 Å². The van der Waals surface area contributed by atoms with Gasteiger partial charge in [-0.05, 0) is 56.2 Å². The van der Waals surface area contributed by atoms with E-state index in [1.54, 1.807) is 26.0 Å². The standard InChI is InChI=1S/C20H23N3O2.C5H10O2/c1-3-19(24)23-13(2)12-17(16-6-4-5-7-18(16)23)22-15-10-8-14(9-11-15)20(21)25;1-3-5(6)7-4-2/h4-11,13,17,22H,3,12H2,1-2H3,(H2,21,25);3-4H2,1-2H3/t13-,17+;/m0./s1. The molecule has 0 unspecified atom stereocenters. The summed E-state index contributed by atoms with van der Waals surface area (Å²) in [7, 11) is 0. The fraction of sp³-hybridized carbons (Fsp3) is 0.400. The maximum atomic E-state index is 12.4. The number of nitrogens with zero attached hydrogens (tertiary/aromatic N) is 1. The number of para-hydroxylation sites is 1. The van der Waals surface area contributed by atoms with Gasteiger partial charge in [0.1, 0.15) is 0 Å². The predicted molar refractivity (Wildman–Crippen MR) is 127 cm³/mol. The SMILES string of the molecule is CCC(=O)N1c2ccccc2[C@H](Nc2ccc(C(N)=O)cc2)C[C@@H]1C.CCOC(=O)CC. The Kier molecular flexibility index (Phi) is 9.25. The number of hydrogen-bond donors (Lipinski definition) is 2. The van der Waals surface area contributed by atoms with Crippen LogP contribution in [0.25, 0.3) is 0 Å². The summed E-state index contributed by atoms with van der Waals surface area (Å²) in [6.45, 7) is 8.04. The van der Waals surface area contributed by atoms with Crippen LogP contribution in [-0.2, 0) is 14.3 Å². The number of benzene rings is 2. The molecule has 0 aliphatic carbocycles. The fourth-order valence-electron chi connectivity index (χ4n) is 3.69. The molecule has 0 aromatic heterocycles. The third kappa shape index (κ3) is 6.33. The van der Waals surface area contributed by atoms with Crippen LogP contribution in [0, 0.1) is 0 Å². The molecule has 2 aromatic carbocycles. The van der Waals surface area contributed by atoms with E-state index < -0.39 is 5.91 Å². The van der Waals surface area contributed by atoms with Crippen molar-refractivity contribution in [3.63, 3.8) is 0 Å². The summed E-state index contributed by atoms with van der Waals surface area (Å²) in [5.74, 6) is -0.413. The lowest BCUT2D eigenvalue weighted by atomic mass is 9.91. The Bertz CT molecular complexity index is 927. The number of primary amides is 1. The zero-order valence-electron chi connectivity index (χ0n) is 19.3. The average Bonchev–Trinajstić information content (AvgIpc) is 2.79. The minimum absolute atomic E-state index is 0.103. The zero-order chi connectivity index (χ0) is 23.7. The molecule has 1 aliphatic rings. The van der Waals surface area contributed by atoms with Crippen molar-refractivity contribution in [2.45, 2.75) is 59.0 Å².